The molecule has 2 nitrogen and oxygen atoms in total. The summed E-state index contributed by atoms with van der Waals surface area (Å²) >= 11 is 0. The summed E-state index contributed by atoms with van der Waals surface area (Å²) in [6.07, 6.45) is 2.42. The van der Waals surface area contributed by atoms with Gasteiger partial charge in [0.05, 0.1) is 0 Å². The van der Waals surface area contributed by atoms with E-state index in [4.69, 9.17) is 4.74 Å². The molecule has 0 aromatic heterocycles. The predicted octanol–water partition coefficient (Wildman–Crippen LogP) is 1.66. The third kappa shape index (κ3) is 3.11. The minimum absolute atomic E-state index is 0.788. The van der Waals surface area contributed by atoms with Crippen LogP contribution in [0, 0.1) is 11.8 Å². The Labute approximate surface area is 75.7 Å². The number of piperidine rings is 1. The molecule has 1 heterocycles. The molecule has 1 N–H and O–H groups in total. The molecule has 0 aromatic rings. The zero-order valence-electron chi connectivity index (χ0n) is 8.31. The van der Waals surface area contributed by atoms with Crippen LogP contribution in [0.2, 0.25) is 0 Å². The van der Waals surface area contributed by atoms with Crippen molar-refractivity contribution in [2.24, 2.45) is 11.8 Å². The van der Waals surface area contributed by atoms with Crippen molar-refractivity contribution in [3.8, 4) is 0 Å². The first-order valence-corrected chi connectivity index (χ1v) is 5.13. The predicted molar refractivity (Wildman–Crippen MR) is 51.3 cm³/mol. The van der Waals surface area contributed by atoms with E-state index in [1.54, 1.807) is 0 Å². The van der Waals surface area contributed by atoms with Crippen LogP contribution < -0.4 is 5.32 Å². The van der Waals surface area contributed by atoms with Gasteiger partial charge in [0.1, 0.15) is 0 Å². The van der Waals surface area contributed by atoms with Gasteiger partial charge in [-0.05, 0) is 37.8 Å². The van der Waals surface area contributed by atoms with Crippen LogP contribution in [-0.4, -0.2) is 26.3 Å². The Bertz CT molecular complexity index is 116. The number of rotatable bonds is 4. The van der Waals surface area contributed by atoms with Crippen molar-refractivity contribution in [1.82, 2.24) is 5.32 Å². The molecule has 72 valence electrons. The summed E-state index contributed by atoms with van der Waals surface area (Å²) in [6, 6.07) is 0. The van der Waals surface area contributed by atoms with Crippen LogP contribution in [0.3, 0.4) is 0 Å². The quantitative estimate of drug-likeness (QED) is 0.649. The molecule has 1 fully saturated rings. The van der Waals surface area contributed by atoms with Crippen molar-refractivity contribution in [1.29, 1.82) is 0 Å². The van der Waals surface area contributed by atoms with Gasteiger partial charge in [-0.15, -0.1) is 0 Å². The van der Waals surface area contributed by atoms with Crippen LogP contribution in [0.25, 0.3) is 0 Å². The van der Waals surface area contributed by atoms with Gasteiger partial charge in [0, 0.05) is 13.2 Å². The Kier molecular flexibility index (Phi) is 4.62. The Balaban J connectivity index is 2.11. The van der Waals surface area contributed by atoms with Crippen molar-refractivity contribution in [3.63, 3.8) is 0 Å². The minimum atomic E-state index is 0.788. The summed E-state index contributed by atoms with van der Waals surface area (Å²) < 4.78 is 5.56. The molecule has 1 aliphatic rings. The topological polar surface area (TPSA) is 21.3 Å². The summed E-state index contributed by atoms with van der Waals surface area (Å²) in [5.74, 6) is 1.58. The fraction of sp³-hybridized carbons (Fsp3) is 1.00. The van der Waals surface area contributed by atoms with Gasteiger partial charge in [-0.1, -0.05) is 13.8 Å². The highest BCUT2D eigenvalue weighted by atomic mass is 16.5. The molecule has 1 aliphatic heterocycles. The second-order valence-corrected chi connectivity index (χ2v) is 3.81. The maximum Gasteiger partial charge on any atom is 0.0497 e. The van der Waals surface area contributed by atoms with Crippen LogP contribution in [0.1, 0.15) is 26.7 Å². The maximum absolute atomic E-state index is 5.56. The zero-order chi connectivity index (χ0) is 8.81. The van der Waals surface area contributed by atoms with E-state index >= 15 is 0 Å². The standard InChI is InChI=1S/C10H21NO/c1-3-6-12-8-10-4-5-11-7-9(10)2/h9-11H,3-8H2,1-2H3. The third-order valence-corrected chi connectivity index (χ3v) is 2.64. The number of ether oxygens (including phenoxy) is 1. The second kappa shape index (κ2) is 5.55. The first-order valence-electron chi connectivity index (χ1n) is 5.13. The molecule has 0 aromatic carbocycles. The lowest BCUT2D eigenvalue weighted by molar-refractivity contribution is 0.0683. The summed E-state index contributed by atoms with van der Waals surface area (Å²) in [5.41, 5.74) is 0. The van der Waals surface area contributed by atoms with Crippen LogP contribution in [-0.2, 0) is 4.74 Å². The molecule has 1 saturated heterocycles. The Morgan fingerprint density at radius 2 is 2.33 bits per heavy atom. The van der Waals surface area contributed by atoms with Gasteiger partial charge in [0.15, 0.2) is 0 Å². The lowest BCUT2D eigenvalue weighted by atomic mass is 9.89. The van der Waals surface area contributed by atoms with Gasteiger partial charge < -0.3 is 10.1 Å². The van der Waals surface area contributed by atoms with Crippen molar-refractivity contribution in [3.05, 3.63) is 0 Å². The van der Waals surface area contributed by atoms with E-state index in [0.717, 1.165) is 31.5 Å². The summed E-state index contributed by atoms with van der Waals surface area (Å²) in [6.45, 7) is 8.70. The molecule has 0 amide bonds. The molecule has 2 atom stereocenters. The monoisotopic (exact) mass is 171 g/mol. The molecule has 2 heteroatoms. The first kappa shape index (κ1) is 10.0. The third-order valence-electron chi connectivity index (χ3n) is 2.64. The SMILES string of the molecule is CCCOCC1CCNCC1C. The minimum Gasteiger partial charge on any atom is -0.381 e. The van der Waals surface area contributed by atoms with Crippen molar-refractivity contribution in [2.75, 3.05) is 26.3 Å². The highest BCUT2D eigenvalue weighted by Gasteiger charge is 2.20. The van der Waals surface area contributed by atoms with Crippen molar-refractivity contribution in [2.45, 2.75) is 26.7 Å². The molecule has 0 saturated carbocycles. The van der Waals surface area contributed by atoms with Crippen LogP contribution in [0.5, 0.6) is 0 Å². The maximum atomic E-state index is 5.56. The average Bonchev–Trinajstić information content (AvgIpc) is 2.09. The van der Waals surface area contributed by atoms with E-state index in [-0.39, 0.29) is 0 Å². The lowest BCUT2D eigenvalue weighted by Crippen LogP contribution is -2.37. The normalized spacial score (nSPS) is 30.5. The van der Waals surface area contributed by atoms with Crippen molar-refractivity contribution >= 4 is 0 Å². The summed E-state index contributed by atoms with van der Waals surface area (Å²) in [4.78, 5) is 0. The fourth-order valence-corrected chi connectivity index (χ4v) is 1.70. The largest absolute Gasteiger partial charge is 0.381 e. The van der Waals surface area contributed by atoms with Crippen molar-refractivity contribution < 1.29 is 4.74 Å². The molecule has 0 bridgehead atoms. The highest BCUT2D eigenvalue weighted by molar-refractivity contribution is 4.74. The van der Waals surface area contributed by atoms with E-state index < -0.39 is 0 Å². The molecule has 0 spiro atoms. The number of hydrogen-bond acceptors (Lipinski definition) is 2. The van der Waals surface area contributed by atoms with E-state index in [2.05, 4.69) is 19.2 Å². The molecule has 0 aliphatic carbocycles. The highest BCUT2D eigenvalue weighted by Crippen LogP contribution is 2.18. The molecule has 0 radical (unpaired) electrons. The van der Waals surface area contributed by atoms with Gasteiger partial charge >= 0.3 is 0 Å². The van der Waals surface area contributed by atoms with Gasteiger partial charge in [0.2, 0.25) is 0 Å². The molecule has 12 heavy (non-hydrogen) atoms. The summed E-state index contributed by atoms with van der Waals surface area (Å²) in [7, 11) is 0. The average molecular weight is 171 g/mol. The molecular formula is C10H21NO. The van der Waals surface area contributed by atoms with Gasteiger partial charge in [0.25, 0.3) is 0 Å². The van der Waals surface area contributed by atoms with E-state index in [0.29, 0.717) is 0 Å². The van der Waals surface area contributed by atoms with Crippen LogP contribution >= 0.6 is 0 Å². The molecule has 2 unspecified atom stereocenters. The van der Waals surface area contributed by atoms with Crippen LogP contribution in [0.15, 0.2) is 0 Å². The summed E-state index contributed by atoms with van der Waals surface area (Å²) in [5, 5.41) is 3.40. The lowest BCUT2D eigenvalue weighted by Gasteiger charge is -2.29. The van der Waals surface area contributed by atoms with E-state index in [1.165, 1.54) is 19.5 Å². The van der Waals surface area contributed by atoms with E-state index in [1.807, 2.05) is 0 Å². The molecular weight excluding hydrogens is 150 g/mol. The number of hydrogen-bond donors (Lipinski definition) is 1. The molecule has 1 rings (SSSR count). The Morgan fingerprint density at radius 3 is 3.00 bits per heavy atom. The van der Waals surface area contributed by atoms with Gasteiger partial charge in [-0.2, -0.15) is 0 Å². The fourth-order valence-electron chi connectivity index (χ4n) is 1.70. The van der Waals surface area contributed by atoms with Gasteiger partial charge in [-0.3, -0.25) is 0 Å². The zero-order valence-corrected chi connectivity index (χ0v) is 8.31. The van der Waals surface area contributed by atoms with E-state index in [9.17, 15) is 0 Å². The number of nitrogens with one attached hydrogen (secondary N) is 1. The first-order chi connectivity index (χ1) is 5.84. The van der Waals surface area contributed by atoms with Gasteiger partial charge in [-0.25, -0.2) is 0 Å². The Morgan fingerprint density at radius 1 is 1.50 bits per heavy atom. The van der Waals surface area contributed by atoms with Crippen LogP contribution in [0.4, 0.5) is 0 Å². The second-order valence-electron chi connectivity index (χ2n) is 3.81. The smallest absolute Gasteiger partial charge is 0.0497 e. The Hall–Kier alpha value is -0.0800.